The lowest BCUT2D eigenvalue weighted by Crippen LogP contribution is -1.87. The Hall–Kier alpha value is -1.97. The SMILES string of the molecule is Fc1cc(F)cc(Oc2cccnc2)c1. The fourth-order valence-corrected chi connectivity index (χ4v) is 1.13. The van der Waals surface area contributed by atoms with Gasteiger partial charge in [0.2, 0.25) is 0 Å². The van der Waals surface area contributed by atoms with Gasteiger partial charge >= 0.3 is 0 Å². The van der Waals surface area contributed by atoms with E-state index in [4.69, 9.17) is 4.74 Å². The van der Waals surface area contributed by atoms with Gasteiger partial charge in [-0.05, 0) is 12.1 Å². The molecule has 0 spiro atoms. The van der Waals surface area contributed by atoms with Crippen LogP contribution in [0.5, 0.6) is 11.5 Å². The molecule has 2 rings (SSSR count). The van der Waals surface area contributed by atoms with E-state index in [1.54, 1.807) is 18.3 Å². The first kappa shape index (κ1) is 9.58. The third kappa shape index (κ3) is 2.49. The van der Waals surface area contributed by atoms with Crippen molar-refractivity contribution in [1.29, 1.82) is 0 Å². The van der Waals surface area contributed by atoms with Crippen molar-refractivity contribution in [1.82, 2.24) is 4.98 Å². The van der Waals surface area contributed by atoms with Crippen molar-refractivity contribution in [3.63, 3.8) is 0 Å². The lowest BCUT2D eigenvalue weighted by molar-refractivity contribution is 0.466. The largest absolute Gasteiger partial charge is 0.456 e. The van der Waals surface area contributed by atoms with E-state index in [9.17, 15) is 8.78 Å². The normalized spacial score (nSPS) is 10.0. The minimum absolute atomic E-state index is 0.112. The maximum absolute atomic E-state index is 12.8. The molecule has 0 unspecified atom stereocenters. The van der Waals surface area contributed by atoms with E-state index in [-0.39, 0.29) is 5.75 Å². The summed E-state index contributed by atoms with van der Waals surface area (Å²) in [7, 11) is 0. The van der Waals surface area contributed by atoms with E-state index in [0.29, 0.717) is 5.75 Å². The van der Waals surface area contributed by atoms with E-state index >= 15 is 0 Å². The molecule has 4 heteroatoms. The summed E-state index contributed by atoms with van der Waals surface area (Å²) in [6.45, 7) is 0. The van der Waals surface area contributed by atoms with Gasteiger partial charge in [-0.2, -0.15) is 0 Å². The minimum atomic E-state index is -0.672. The van der Waals surface area contributed by atoms with Gasteiger partial charge in [0.1, 0.15) is 23.1 Å². The van der Waals surface area contributed by atoms with Crippen LogP contribution in [0.1, 0.15) is 0 Å². The average Bonchev–Trinajstić information content (AvgIpc) is 2.17. The summed E-state index contributed by atoms with van der Waals surface area (Å²) >= 11 is 0. The summed E-state index contributed by atoms with van der Waals surface area (Å²) in [6, 6.07) is 6.32. The highest BCUT2D eigenvalue weighted by atomic mass is 19.1. The van der Waals surface area contributed by atoms with E-state index < -0.39 is 11.6 Å². The van der Waals surface area contributed by atoms with Gasteiger partial charge in [-0.25, -0.2) is 8.78 Å². The molecule has 2 aromatic rings. The summed E-state index contributed by atoms with van der Waals surface area (Å²) in [4.78, 5) is 3.81. The first-order valence-electron chi connectivity index (χ1n) is 4.28. The molecule has 0 saturated carbocycles. The third-order valence-electron chi connectivity index (χ3n) is 1.71. The van der Waals surface area contributed by atoms with E-state index in [1.807, 2.05) is 0 Å². The highest BCUT2D eigenvalue weighted by Gasteiger charge is 2.02. The van der Waals surface area contributed by atoms with Crippen molar-refractivity contribution in [3.05, 3.63) is 54.4 Å². The Morgan fingerprint density at radius 1 is 1.00 bits per heavy atom. The quantitative estimate of drug-likeness (QED) is 0.754. The summed E-state index contributed by atoms with van der Waals surface area (Å²) < 4.78 is 30.8. The Morgan fingerprint density at radius 2 is 1.73 bits per heavy atom. The molecule has 0 fully saturated rings. The van der Waals surface area contributed by atoms with Crippen LogP contribution >= 0.6 is 0 Å². The standard InChI is InChI=1S/C11H7F2NO/c12-8-4-9(13)6-11(5-8)15-10-2-1-3-14-7-10/h1-7H. The molecule has 15 heavy (non-hydrogen) atoms. The smallest absolute Gasteiger partial charge is 0.145 e. The van der Waals surface area contributed by atoms with Crippen LogP contribution in [0.15, 0.2) is 42.7 Å². The van der Waals surface area contributed by atoms with Crippen molar-refractivity contribution >= 4 is 0 Å². The zero-order valence-corrected chi connectivity index (χ0v) is 7.65. The van der Waals surface area contributed by atoms with Gasteiger partial charge < -0.3 is 4.74 Å². The Labute approximate surface area is 85.2 Å². The number of hydrogen-bond acceptors (Lipinski definition) is 2. The molecule has 0 aliphatic carbocycles. The molecule has 76 valence electrons. The second kappa shape index (κ2) is 4.04. The van der Waals surface area contributed by atoms with E-state index in [1.165, 1.54) is 6.20 Å². The number of nitrogens with zero attached hydrogens (tertiary/aromatic N) is 1. The molecular weight excluding hydrogens is 200 g/mol. The molecule has 1 heterocycles. The molecule has 2 nitrogen and oxygen atoms in total. The Balaban J connectivity index is 2.25. The second-order valence-electron chi connectivity index (χ2n) is 2.90. The van der Waals surface area contributed by atoms with Crippen LogP contribution in [0.4, 0.5) is 8.78 Å². The van der Waals surface area contributed by atoms with Gasteiger partial charge in [0, 0.05) is 24.4 Å². The molecule has 0 aliphatic heterocycles. The molecular formula is C11H7F2NO. The van der Waals surface area contributed by atoms with Crippen LogP contribution < -0.4 is 4.74 Å². The molecule has 0 N–H and O–H groups in total. The van der Waals surface area contributed by atoms with Gasteiger partial charge in [0.15, 0.2) is 0 Å². The monoisotopic (exact) mass is 207 g/mol. The molecule has 0 radical (unpaired) electrons. The minimum Gasteiger partial charge on any atom is -0.456 e. The summed E-state index contributed by atoms with van der Waals surface area (Å²) in [5.74, 6) is -0.800. The lowest BCUT2D eigenvalue weighted by atomic mass is 10.3. The first-order valence-corrected chi connectivity index (χ1v) is 4.28. The number of halogens is 2. The van der Waals surface area contributed by atoms with Crippen molar-refractivity contribution in [3.8, 4) is 11.5 Å². The number of rotatable bonds is 2. The first-order chi connectivity index (χ1) is 7.24. The summed E-state index contributed by atoms with van der Waals surface area (Å²) in [6.07, 6.45) is 3.04. The lowest BCUT2D eigenvalue weighted by Gasteiger charge is -2.04. The summed E-state index contributed by atoms with van der Waals surface area (Å²) in [5, 5.41) is 0. The number of benzene rings is 1. The number of hydrogen-bond donors (Lipinski definition) is 0. The van der Waals surface area contributed by atoms with Gasteiger partial charge in [-0.3, -0.25) is 4.98 Å². The molecule has 0 bridgehead atoms. The van der Waals surface area contributed by atoms with Gasteiger partial charge in [-0.15, -0.1) is 0 Å². The van der Waals surface area contributed by atoms with Crippen molar-refractivity contribution in [2.45, 2.75) is 0 Å². The molecule has 0 amide bonds. The fourth-order valence-electron chi connectivity index (χ4n) is 1.13. The molecule has 0 saturated heterocycles. The zero-order valence-electron chi connectivity index (χ0n) is 7.65. The van der Waals surface area contributed by atoms with E-state index in [0.717, 1.165) is 18.2 Å². The van der Waals surface area contributed by atoms with Crippen LogP contribution in [-0.2, 0) is 0 Å². The van der Waals surface area contributed by atoms with E-state index in [2.05, 4.69) is 4.98 Å². The van der Waals surface area contributed by atoms with Gasteiger partial charge in [0.25, 0.3) is 0 Å². The second-order valence-corrected chi connectivity index (χ2v) is 2.90. The molecule has 1 aromatic carbocycles. The molecule has 0 aliphatic rings. The topological polar surface area (TPSA) is 22.1 Å². The highest BCUT2D eigenvalue weighted by Crippen LogP contribution is 2.21. The van der Waals surface area contributed by atoms with Crippen molar-refractivity contribution in [2.24, 2.45) is 0 Å². The number of aromatic nitrogens is 1. The van der Waals surface area contributed by atoms with Crippen LogP contribution in [-0.4, -0.2) is 4.98 Å². The maximum Gasteiger partial charge on any atom is 0.145 e. The third-order valence-corrected chi connectivity index (χ3v) is 1.71. The predicted octanol–water partition coefficient (Wildman–Crippen LogP) is 3.15. The fraction of sp³-hybridized carbons (Fsp3) is 0. The van der Waals surface area contributed by atoms with Crippen molar-refractivity contribution < 1.29 is 13.5 Å². The van der Waals surface area contributed by atoms with Crippen LogP contribution in [0.2, 0.25) is 0 Å². The number of ether oxygens (including phenoxy) is 1. The highest BCUT2D eigenvalue weighted by molar-refractivity contribution is 5.29. The number of pyridine rings is 1. The van der Waals surface area contributed by atoms with Crippen molar-refractivity contribution in [2.75, 3.05) is 0 Å². The Kier molecular flexibility index (Phi) is 2.58. The van der Waals surface area contributed by atoms with Crippen LogP contribution in [0.3, 0.4) is 0 Å². The molecule has 0 atom stereocenters. The Morgan fingerprint density at radius 3 is 2.33 bits per heavy atom. The van der Waals surface area contributed by atoms with Gasteiger partial charge in [-0.1, -0.05) is 0 Å². The molecule has 1 aromatic heterocycles. The average molecular weight is 207 g/mol. The van der Waals surface area contributed by atoms with Gasteiger partial charge in [0.05, 0.1) is 6.20 Å². The summed E-state index contributed by atoms with van der Waals surface area (Å²) in [5.41, 5.74) is 0. The van der Waals surface area contributed by atoms with Crippen LogP contribution in [0.25, 0.3) is 0 Å². The predicted molar refractivity (Wildman–Crippen MR) is 50.7 cm³/mol. The Bertz CT molecular complexity index is 439. The maximum atomic E-state index is 12.8. The van der Waals surface area contributed by atoms with Crippen LogP contribution in [0, 0.1) is 11.6 Å². The zero-order chi connectivity index (χ0) is 10.7.